The van der Waals surface area contributed by atoms with Gasteiger partial charge < -0.3 is 0 Å². The zero-order chi connectivity index (χ0) is 11.7. The first-order chi connectivity index (χ1) is 7.02. The third-order valence-corrected chi connectivity index (χ3v) is 3.54. The zero-order valence-corrected chi connectivity index (χ0v) is 11.7. The Hall–Kier alpha value is 0. The van der Waals surface area contributed by atoms with Crippen molar-refractivity contribution in [2.24, 2.45) is 11.3 Å². The Morgan fingerprint density at radius 1 is 0.733 bits per heavy atom. The second-order valence-corrected chi connectivity index (χ2v) is 6.05. The van der Waals surface area contributed by atoms with Gasteiger partial charge in [-0.3, -0.25) is 0 Å². The Balaban J connectivity index is 3.81. The van der Waals surface area contributed by atoms with Gasteiger partial charge in [-0.2, -0.15) is 0 Å². The summed E-state index contributed by atoms with van der Waals surface area (Å²) >= 11 is 0. The highest BCUT2D eigenvalue weighted by molar-refractivity contribution is 4.73. The first-order valence-corrected chi connectivity index (χ1v) is 7.02. The highest BCUT2D eigenvalue weighted by atomic mass is 14.3. The molecule has 0 radical (unpaired) electrons. The molecular formula is C15H32. The fraction of sp³-hybridized carbons (Fsp3) is 1.00. The summed E-state index contributed by atoms with van der Waals surface area (Å²) < 4.78 is 0. The Bertz CT molecular complexity index is 129. The van der Waals surface area contributed by atoms with Crippen LogP contribution in [0.5, 0.6) is 0 Å². The molecule has 1 atom stereocenters. The van der Waals surface area contributed by atoms with E-state index in [0.717, 1.165) is 5.92 Å². The lowest BCUT2D eigenvalue weighted by Gasteiger charge is -2.31. The molecule has 0 aliphatic heterocycles. The van der Waals surface area contributed by atoms with Gasteiger partial charge >= 0.3 is 0 Å². The molecule has 0 saturated carbocycles. The van der Waals surface area contributed by atoms with Crippen molar-refractivity contribution in [3.63, 3.8) is 0 Å². The van der Waals surface area contributed by atoms with Crippen molar-refractivity contribution in [1.29, 1.82) is 0 Å². The van der Waals surface area contributed by atoms with Crippen LogP contribution in [0.15, 0.2) is 0 Å². The maximum Gasteiger partial charge on any atom is -0.0354 e. The molecule has 0 aromatic rings. The summed E-state index contributed by atoms with van der Waals surface area (Å²) in [6, 6.07) is 0. The van der Waals surface area contributed by atoms with Crippen molar-refractivity contribution in [3.8, 4) is 0 Å². The molecule has 0 aliphatic carbocycles. The van der Waals surface area contributed by atoms with Crippen LogP contribution >= 0.6 is 0 Å². The van der Waals surface area contributed by atoms with Crippen LogP contribution < -0.4 is 0 Å². The molecule has 0 heteroatoms. The predicted molar refractivity (Wildman–Crippen MR) is 71.2 cm³/mol. The fourth-order valence-electron chi connectivity index (χ4n) is 2.28. The average molecular weight is 212 g/mol. The van der Waals surface area contributed by atoms with Gasteiger partial charge in [0.05, 0.1) is 0 Å². The third kappa shape index (κ3) is 7.88. The molecule has 0 N–H and O–H groups in total. The van der Waals surface area contributed by atoms with Crippen molar-refractivity contribution in [1.82, 2.24) is 0 Å². The second-order valence-electron chi connectivity index (χ2n) is 6.05. The SMILES string of the molecule is CCCCCCC(CCCC)C(C)(C)C. The molecule has 0 amide bonds. The Labute approximate surface area is 97.8 Å². The average Bonchev–Trinajstić information content (AvgIpc) is 2.15. The molecule has 0 nitrogen and oxygen atoms in total. The van der Waals surface area contributed by atoms with Crippen LogP contribution in [0.25, 0.3) is 0 Å². The molecule has 0 saturated heterocycles. The Morgan fingerprint density at radius 2 is 1.27 bits per heavy atom. The second kappa shape index (κ2) is 8.19. The summed E-state index contributed by atoms with van der Waals surface area (Å²) in [6.45, 7) is 11.8. The molecule has 0 heterocycles. The van der Waals surface area contributed by atoms with E-state index >= 15 is 0 Å². The van der Waals surface area contributed by atoms with Crippen molar-refractivity contribution in [2.45, 2.75) is 86.0 Å². The number of rotatable bonds is 8. The summed E-state index contributed by atoms with van der Waals surface area (Å²) in [4.78, 5) is 0. The van der Waals surface area contributed by atoms with E-state index in [4.69, 9.17) is 0 Å². The van der Waals surface area contributed by atoms with Gasteiger partial charge in [0.1, 0.15) is 0 Å². The maximum atomic E-state index is 2.41. The molecule has 0 spiro atoms. The first-order valence-electron chi connectivity index (χ1n) is 7.02. The first kappa shape index (κ1) is 15.0. The molecule has 1 unspecified atom stereocenters. The molecule has 0 bridgehead atoms. The van der Waals surface area contributed by atoms with Crippen LogP contribution in [-0.4, -0.2) is 0 Å². The maximum absolute atomic E-state index is 2.41. The lowest BCUT2D eigenvalue weighted by atomic mass is 9.75. The minimum absolute atomic E-state index is 0.515. The molecule has 92 valence electrons. The van der Waals surface area contributed by atoms with E-state index in [9.17, 15) is 0 Å². The summed E-state index contributed by atoms with van der Waals surface area (Å²) in [7, 11) is 0. The standard InChI is InChI=1S/C15H32/c1-6-8-10-11-13-14(12-9-7-2)15(3,4)5/h14H,6-13H2,1-5H3. The number of hydrogen-bond acceptors (Lipinski definition) is 0. The van der Waals surface area contributed by atoms with Crippen molar-refractivity contribution >= 4 is 0 Å². The Kier molecular flexibility index (Phi) is 8.19. The largest absolute Gasteiger partial charge is 0.0654 e. The molecule has 0 rings (SSSR count). The van der Waals surface area contributed by atoms with Gasteiger partial charge in [-0.1, -0.05) is 73.1 Å². The normalized spacial score (nSPS) is 14.2. The summed E-state index contributed by atoms with van der Waals surface area (Å²) in [5, 5.41) is 0. The monoisotopic (exact) mass is 212 g/mol. The topological polar surface area (TPSA) is 0 Å². The number of hydrogen-bond donors (Lipinski definition) is 0. The molecule has 0 fully saturated rings. The number of unbranched alkanes of at least 4 members (excludes halogenated alkanes) is 4. The van der Waals surface area contributed by atoms with Crippen molar-refractivity contribution in [3.05, 3.63) is 0 Å². The van der Waals surface area contributed by atoms with Crippen LogP contribution in [0.1, 0.15) is 86.0 Å². The van der Waals surface area contributed by atoms with Crippen LogP contribution in [0.4, 0.5) is 0 Å². The van der Waals surface area contributed by atoms with Crippen LogP contribution in [0.2, 0.25) is 0 Å². The van der Waals surface area contributed by atoms with Gasteiger partial charge in [-0.25, -0.2) is 0 Å². The van der Waals surface area contributed by atoms with Gasteiger partial charge in [0, 0.05) is 0 Å². The van der Waals surface area contributed by atoms with Crippen molar-refractivity contribution < 1.29 is 0 Å². The van der Waals surface area contributed by atoms with E-state index in [1.807, 2.05) is 0 Å². The summed E-state index contributed by atoms with van der Waals surface area (Å²) in [6.07, 6.45) is 11.3. The van der Waals surface area contributed by atoms with E-state index in [1.165, 1.54) is 51.4 Å². The molecule has 0 aromatic carbocycles. The van der Waals surface area contributed by atoms with Gasteiger partial charge in [0.25, 0.3) is 0 Å². The van der Waals surface area contributed by atoms with Crippen LogP contribution in [-0.2, 0) is 0 Å². The molecular weight excluding hydrogens is 180 g/mol. The third-order valence-electron chi connectivity index (χ3n) is 3.54. The highest BCUT2D eigenvalue weighted by Crippen LogP contribution is 2.34. The van der Waals surface area contributed by atoms with Crippen molar-refractivity contribution in [2.75, 3.05) is 0 Å². The minimum atomic E-state index is 0.515. The van der Waals surface area contributed by atoms with E-state index < -0.39 is 0 Å². The van der Waals surface area contributed by atoms with E-state index in [0.29, 0.717) is 5.41 Å². The minimum Gasteiger partial charge on any atom is -0.0654 e. The quantitative estimate of drug-likeness (QED) is 0.445. The van der Waals surface area contributed by atoms with Gasteiger partial charge in [0.15, 0.2) is 0 Å². The lowest BCUT2D eigenvalue weighted by Crippen LogP contribution is -2.20. The molecule has 15 heavy (non-hydrogen) atoms. The van der Waals surface area contributed by atoms with E-state index in [-0.39, 0.29) is 0 Å². The van der Waals surface area contributed by atoms with Gasteiger partial charge in [-0.05, 0) is 24.2 Å². The summed E-state index contributed by atoms with van der Waals surface area (Å²) in [5.41, 5.74) is 0.515. The predicted octanol–water partition coefficient (Wildman–Crippen LogP) is 5.81. The lowest BCUT2D eigenvalue weighted by molar-refractivity contribution is 0.202. The summed E-state index contributed by atoms with van der Waals surface area (Å²) in [5.74, 6) is 0.939. The Morgan fingerprint density at radius 3 is 1.73 bits per heavy atom. The fourth-order valence-corrected chi connectivity index (χ4v) is 2.28. The highest BCUT2D eigenvalue weighted by Gasteiger charge is 2.23. The smallest absolute Gasteiger partial charge is 0.0354 e. The zero-order valence-electron chi connectivity index (χ0n) is 11.7. The molecule has 0 aliphatic rings. The van der Waals surface area contributed by atoms with Gasteiger partial charge in [-0.15, -0.1) is 0 Å². The van der Waals surface area contributed by atoms with Gasteiger partial charge in [0.2, 0.25) is 0 Å². The van der Waals surface area contributed by atoms with Crippen LogP contribution in [0.3, 0.4) is 0 Å². The molecule has 0 aromatic heterocycles. The van der Waals surface area contributed by atoms with Crippen LogP contribution in [0, 0.1) is 11.3 Å². The van der Waals surface area contributed by atoms with E-state index in [1.54, 1.807) is 0 Å². The van der Waals surface area contributed by atoms with E-state index in [2.05, 4.69) is 34.6 Å².